The number of carbonyl (C=O) groups excluding carboxylic acids is 3. The molecule has 0 saturated carbocycles. The Balaban J connectivity index is 2.09. The predicted octanol–water partition coefficient (Wildman–Crippen LogP) is 1.70. The van der Waals surface area contributed by atoms with Gasteiger partial charge >= 0.3 is 6.09 Å². The van der Waals surface area contributed by atoms with E-state index in [4.69, 9.17) is 11.6 Å². The second kappa shape index (κ2) is 9.40. The summed E-state index contributed by atoms with van der Waals surface area (Å²) in [5, 5.41) is 0.494. The average Bonchev–Trinajstić information content (AvgIpc) is 2.68. The monoisotopic (exact) mass is 376 g/mol. The molecule has 1 atom stereocenters. The zero-order valence-corrected chi connectivity index (χ0v) is 14.5. The molecule has 26 heavy (non-hydrogen) atoms. The van der Waals surface area contributed by atoms with E-state index in [1.54, 1.807) is 54.6 Å². The molecule has 136 valence electrons. The smallest absolute Gasteiger partial charge is 0.425 e. The Bertz CT molecular complexity index is 768. The van der Waals surface area contributed by atoms with Crippen molar-refractivity contribution in [2.75, 3.05) is 7.11 Å². The molecule has 0 bridgehead atoms. The molecule has 0 fully saturated rings. The third-order valence-corrected chi connectivity index (χ3v) is 3.56. The normalized spacial score (nSPS) is 11.2. The minimum Gasteiger partial charge on any atom is -0.452 e. The van der Waals surface area contributed by atoms with Gasteiger partial charge in [0.1, 0.15) is 6.04 Å². The number of hydrogen-bond donors (Lipinski definition) is 4. The van der Waals surface area contributed by atoms with Crippen LogP contribution < -0.4 is 21.7 Å². The van der Waals surface area contributed by atoms with E-state index in [2.05, 4.69) is 26.4 Å². The standard InChI is InChI=1S/C17H17ClN4O4/c1-26-17(25)22-21-16(24)14(11-7-9-13(18)10-8-11)19-20-15(23)12-5-3-2-4-6-12/h2-10,14,19H,1H3,(H,20,23)(H,21,24)(H,22,25). The van der Waals surface area contributed by atoms with Gasteiger partial charge in [-0.2, -0.15) is 0 Å². The van der Waals surface area contributed by atoms with Gasteiger partial charge in [-0.1, -0.05) is 41.9 Å². The largest absolute Gasteiger partial charge is 0.452 e. The van der Waals surface area contributed by atoms with Gasteiger partial charge in [0.15, 0.2) is 0 Å². The number of hydrogen-bond acceptors (Lipinski definition) is 5. The highest BCUT2D eigenvalue weighted by Crippen LogP contribution is 2.16. The van der Waals surface area contributed by atoms with E-state index in [1.165, 1.54) is 0 Å². The van der Waals surface area contributed by atoms with Crippen molar-refractivity contribution >= 4 is 29.5 Å². The maximum Gasteiger partial charge on any atom is 0.425 e. The van der Waals surface area contributed by atoms with E-state index in [1.807, 2.05) is 0 Å². The van der Waals surface area contributed by atoms with Crippen LogP contribution in [0.2, 0.25) is 5.02 Å². The van der Waals surface area contributed by atoms with Gasteiger partial charge in [0.05, 0.1) is 7.11 Å². The molecule has 0 aromatic heterocycles. The molecule has 0 heterocycles. The number of hydrazine groups is 2. The quantitative estimate of drug-likeness (QED) is 0.594. The Morgan fingerprint density at radius 1 is 0.923 bits per heavy atom. The van der Waals surface area contributed by atoms with Gasteiger partial charge in [-0.3, -0.25) is 20.4 Å². The van der Waals surface area contributed by atoms with Crippen molar-refractivity contribution in [3.8, 4) is 0 Å². The van der Waals surface area contributed by atoms with E-state index < -0.39 is 23.9 Å². The SMILES string of the molecule is COC(=O)NNC(=O)C(NNC(=O)c1ccccc1)c1ccc(Cl)cc1. The number of methoxy groups -OCH3 is 1. The lowest BCUT2D eigenvalue weighted by molar-refractivity contribution is -0.124. The van der Waals surface area contributed by atoms with Crippen LogP contribution in [0.4, 0.5) is 4.79 Å². The lowest BCUT2D eigenvalue weighted by atomic mass is 10.1. The lowest BCUT2D eigenvalue weighted by Gasteiger charge is -2.19. The van der Waals surface area contributed by atoms with Crippen molar-refractivity contribution < 1.29 is 19.1 Å². The molecule has 0 aliphatic carbocycles. The van der Waals surface area contributed by atoms with Crippen LogP contribution in [-0.2, 0) is 9.53 Å². The van der Waals surface area contributed by atoms with Crippen molar-refractivity contribution in [1.29, 1.82) is 0 Å². The maximum atomic E-state index is 12.4. The number of benzene rings is 2. The minimum atomic E-state index is -0.989. The Labute approximate surface area is 154 Å². The van der Waals surface area contributed by atoms with Gasteiger partial charge in [-0.05, 0) is 29.8 Å². The number of amides is 3. The van der Waals surface area contributed by atoms with Crippen LogP contribution in [0.15, 0.2) is 54.6 Å². The molecule has 9 heteroatoms. The Morgan fingerprint density at radius 3 is 2.19 bits per heavy atom. The predicted molar refractivity (Wildman–Crippen MR) is 94.9 cm³/mol. The molecular formula is C17H17ClN4O4. The van der Waals surface area contributed by atoms with Crippen LogP contribution in [-0.4, -0.2) is 25.0 Å². The van der Waals surface area contributed by atoms with Gasteiger partial charge in [0.25, 0.3) is 11.8 Å². The van der Waals surface area contributed by atoms with E-state index in [9.17, 15) is 14.4 Å². The summed E-state index contributed by atoms with van der Waals surface area (Å²) in [6, 6.07) is 13.9. The first-order chi connectivity index (χ1) is 12.5. The fourth-order valence-corrected chi connectivity index (χ4v) is 2.12. The highest BCUT2D eigenvalue weighted by atomic mass is 35.5. The van der Waals surface area contributed by atoms with Crippen LogP contribution in [0.25, 0.3) is 0 Å². The van der Waals surface area contributed by atoms with Crippen LogP contribution in [0.5, 0.6) is 0 Å². The molecule has 0 aliphatic rings. The second-order valence-corrected chi connectivity index (χ2v) is 5.49. The zero-order valence-electron chi connectivity index (χ0n) is 13.8. The van der Waals surface area contributed by atoms with Crippen molar-refractivity contribution in [3.63, 3.8) is 0 Å². The molecule has 3 amide bonds. The Morgan fingerprint density at radius 2 is 1.58 bits per heavy atom. The van der Waals surface area contributed by atoms with E-state index in [0.717, 1.165) is 7.11 Å². The van der Waals surface area contributed by atoms with Gasteiger partial charge in [-0.15, -0.1) is 0 Å². The topological polar surface area (TPSA) is 109 Å². The number of halogens is 1. The van der Waals surface area contributed by atoms with E-state index in [0.29, 0.717) is 16.1 Å². The first-order valence-electron chi connectivity index (χ1n) is 7.51. The summed E-state index contributed by atoms with van der Waals surface area (Å²) in [6.07, 6.45) is -0.832. The Hall–Kier alpha value is -3.10. The highest BCUT2D eigenvalue weighted by molar-refractivity contribution is 6.30. The molecule has 2 aromatic rings. The summed E-state index contributed by atoms with van der Waals surface area (Å²) in [5.41, 5.74) is 10.3. The summed E-state index contributed by atoms with van der Waals surface area (Å²) in [6.45, 7) is 0. The number of ether oxygens (including phenoxy) is 1. The molecule has 2 aromatic carbocycles. The molecular weight excluding hydrogens is 360 g/mol. The minimum absolute atomic E-state index is 0.418. The molecule has 0 saturated heterocycles. The molecule has 0 radical (unpaired) electrons. The fraction of sp³-hybridized carbons (Fsp3) is 0.118. The molecule has 0 spiro atoms. The fourth-order valence-electron chi connectivity index (χ4n) is 1.99. The molecule has 4 N–H and O–H groups in total. The first-order valence-corrected chi connectivity index (χ1v) is 7.89. The molecule has 2 rings (SSSR count). The third-order valence-electron chi connectivity index (χ3n) is 3.30. The summed E-state index contributed by atoms with van der Waals surface area (Å²) < 4.78 is 4.39. The van der Waals surface area contributed by atoms with Crippen LogP contribution in [0.3, 0.4) is 0 Å². The van der Waals surface area contributed by atoms with Gasteiger partial charge in [0.2, 0.25) is 0 Å². The first kappa shape index (κ1) is 19.2. The molecule has 0 aliphatic heterocycles. The summed E-state index contributed by atoms with van der Waals surface area (Å²) in [4.78, 5) is 35.6. The molecule has 1 unspecified atom stereocenters. The second-order valence-electron chi connectivity index (χ2n) is 5.05. The van der Waals surface area contributed by atoms with Crippen molar-refractivity contribution in [3.05, 3.63) is 70.7 Å². The van der Waals surface area contributed by atoms with E-state index >= 15 is 0 Å². The van der Waals surface area contributed by atoms with Crippen LogP contribution >= 0.6 is 11.6 Å². The van der Waals surface area contributed by atoms with Gasteiger partial charge in [-0.25, -0.2) is 15.6 Å². The molecule has 8 nitrogen and oxygen atoms in total. The summed E-state index contributed by atoms with van der Waals surface area (Å²) in [7, 11) is 1.16. The van der Waals surface area contributed by atoms with E-state index in [-0.39, 0.29) is 0 Å². The van der Waals surface area contributed by atoms with Gasteiger partial charge in [0, 0.05) is 10.6 Å². The Kier molecular flexibility index (Phi) is 6.95. The number of rotatable bonds is 5. The van der Waals surface area contributed by atoms with Gasteiger partial charge < -0.3 is 4.74 Å². The van der Waals surface area contributed by atoms with Crippen LogP contribution in [0, 0.1) is 0 Å². The number of carbonyl (C=O) groups is 3. The summed E-state index contributed by atoms with van der Waals surface area (Å²) in [5.74, 6) is -1.04. The van der Waals surface area contributed by atoms with Crippen molar-refractivity contribution in [2.24, 2.45) is 0 Å². The van der Waals surface area contributed by atoms with Crippen LogP contribution in [0.1, 0.15) is 22.0 Å². The van der Waals surface area contributed by atoms with Crippen molar-refractivity contribution in [1.82, 2.24) is 21.7 Å². The third kappa shape index (κ3) is 5.47. The highest BCUT2D eigenvalue weighted by Gasteiger charge is 2.22. The summed E-state index contributed by atoms with van der Waals surface area (Å²) >= 11 is 5.86. The zero-order chi connectivity index (χ0) is 18.9. The average molecular weight is 377 g/mol. The van der Waals surface area contributed by atoms with Crippen molar-refractivity contribution in [2.45, 2.75) is 6.04 Å². The maximum absolute atomic E-state index is 12.4. The number of nitrogens with one attached hydrogen (secondary N) is 4. The lowest BCUT2D eigenvalue weighted by Crippen LogP contribution is -2.50.